The van der Waals surface area contributed by atoms with E-state index in [0.29, 0.717) is 5.56 Å². The zero-order valence-corrected chi connectivity index (χ0v) is 6.35. The van der Waals surface area contributed by atoms with E-state index in [9.17, 15) is 4.79 Å². The molecule has 0 saturated heterocycles. The summed E-state index contributed by atoms with van der Waals surface area (Å²) in [5.41, 5.74) is 0.204. The van der Waals surface area contributed by atoms with Gasteiger partial charge in [-0.15, -0.1) is 0 Å². The van der Waals surface area contributed by atoms with Crippen LogP contribution in [0.1, 0.15) is 5.56 Å². The summed E-state index contributed by atoms with van der Waals surface area (Å²) < 4.78 is 9.05. The Morgan fingerprint density at radius 1 is 1.75 bits per heavy atom. The molecule has 5 heteroatoms. The number of carbonyl (C=O) groups is 1. The van der Waals surface area contributed by atoms with E-state index in [4.69, 9.17) is 9.62 Å². The minimum absolute atomic E-state index is 0.175. The lowest BCUT2D eigenvalue weighted by Gasteiger charge is -1.96. The van der Waals surface area contributed by atoms with Crippen LogP contribution in [0.15, 0.2) is 28.2 Å². The minimum atomic E-state index is -0.709. The molecule has 12 heavy (non-hydrogen) atoms. The van der Waals surface area contributed by atoms with Crippen LogP contribution < -0.4 is 0 Å². The highest BCUT2D eigenvalue weighted by Gasteiger charge is 2.15. The first-order chi connectivity index (χ1) is 5.79. The Morgan fingerprint density at radius 3 is 2.92 bits per heavy atom. The molecule has 1 aromatic heterocycles. The second kappa shape index (κ2) is 3.56. The van der Waals surface area contributed by atoms with Gasteiger partial charge < -0.3 is 14.4 Å². The van der Waals surface area contributed by atoms with Crippen LogP contribution in [-0.2, 0) is 9.53 Å². The number of esters is 1. The molecule has 0 atom stereocenters. The number of ether oxygens (including phenoxy) is 1. The first-order valence-corrected chi connectivity index (χ1v) is 3.12. The van der Waals surface area contributed by atoms with Crippen LogP contribution in [0, 0.1) is 0 Å². The van der Waals surface area contributed by atoms with E-state index in [1.807, 2.05) is 0 Å². The molecule has 1 aromatic rings. The molecule has 0 aliphatic rings. The fraction of sp³-hybridized carbons (Fsp3) is 0.143. The van der Waals surface area contributed by atoms with Crippen molar-refractivity contribution >= 4 is 11.7 Å². The molecule has 1 rings (SSSR count). The Bertz CT molecular complexity index is 288. The van der Waals surface area contributed by atoms with E-state index >= 15 is 0 Å². The van der Waals surface area contributed by atoms with Gasteiger partial charge in [0.1, 0.15) is 6.26 Å². The molecule has 0 amide bonds. The SMILES string of the molecule is COC(=O)/C(=N/O)c1ccoc1. The Balaban J connectivity index is 2.93. The minimum Gasteiger partial charge on any atom is -0.472 e. The quantitative estimate of drug-likeness (QED) is 0.305. The van der Waals surface area contributed by atoms with Crippen LogP contribution in [0.5, 0.6) is 0 Å². The second-order valence-corrected chi connectivity index (χ2v) is 1.95. The van der Waals surface area contributed by atoms with Gasteiger partial charge in [0.25, 0.3) is 0 Å². The summed E-state index contributed by atoms with van der Waals surface area (Å²) in [7, 11) is 1.20. The van der Waals surface area contributed by atoms with Crippen molar-refractivity contribution in [2.75, 3.05) is 7.11 Å². The number of furan rings is 1. The zero-order valence-electron chi connectivity index (χ0n) is 6.35. The number of methoxy groups -OCH3 is 1. The Morgan fingerprint density at radius 2 is 2.50 bits per heavy atom. The lowest BCUT2D eigenvalue weighted by atomic mass is 10.2. The molecule has 0 fully saturated rings. The molecular formula is C7H7NO4. The van der Waals surface area contributed by atoms with E-state index in [1.165, 1.54) is 25.7 Å². The third-order valence-electron chi connectivity index (χ3n) is 1.27. The van der Waals surface area contributed by atoms with Gasteiger partial charge in [0, 0.05) is 5.56 Å². The molecule has 1 N–H and O–H groups in total. The largest absolute Gasteiger partial charge is 0.472 e. The van der Waals surface area contributed by atoms with Crippen LogP contribution >= 0.6 is 0 Å². The van der Waals surface area contributed by atoms with E-state index in [0.717, 1.165) is 0 Å². The molecule has 64 valence electrons. The number of nitrogens with zero attached hydrogens (tertiary/aromatic N) is 1. The van der Waals surface area contributed by atoms with Crippen LogP contribution in [0.4, 0.5) is 0 Å². The molecule has 0 aromatic carbocycles. The highest BCUT2D eigenvalue weighted by atomic mass is 16.5. The predicted molar refractivity (Wildman–Crippen MR) is 39.0 cm³/mol. The van der Waals surface area contributed by atoms with Gasteiger partial charge in [0.2, 0.25) is 0 Å². The fourth-order valence-electron chi connectivity index (χ4n) is 0.712. The maximum atomic E-state index is 10.9. The molecule has 0 radical (unpaired) electrons. The van der Waals surface area contributed by atoms with Crippen molar-refractivity contribution in [2.24, 2.45) is 5.16 Å². The van der Waals surface area contributed by atoms with Crippen molar-refractivity contribution < 1.29 is 19.2 Å². The highest BCUT2D eigenvalue weighted by Crippen LogP contribution is 2.03. The van der Waals surface area contributed by atoms with E-state index in [2.05, 4.69) is 9.89 Å². The topological polar surface area (TPSA) is 72.0 Å². The van der Waals surface area contributed by atoms with Crippen LogP contribution in [0.2, 0.25) is 0 Å². The van der Waals surface area contributed by atoms with Gasteiger partial charge in [0.15, 0.2) is 5.71 Å². The first-order valence-electron chi connectivity index (χ1n) is 3.12. The van der Waals surface area contributed by atoms with Gasteiger partial charge in [-0.25, -0.2) is 4.79 Å². The molecule has 1 heterocycles. The number of hydrogen-bond donors (Lipinski definition) is 1. The molecule has 5 nitrogen and oxygen atoms in total. The summed E-state index contributed by atoms with van der Waals surface area (Å²) in [6.45, 7) is 0. The van der Waals surface area contributed by atoms with Crippen molar-refractivity contribution in [1.82, 2.24) is 0 Å². The van der Waals surface area contributed by atoms with Crippen LogP contribution in [0.3, 0.4) is 0 Å². The summed E-state index contributed by atoms with van der Waals surface area (Å²) in [6.07, 6.45) is 2.65. The Hall–Kier alpha value is -1.78. The van der Waals surface area contributed by atoms with Gasteiger partial charge in [0.05, 0.1) is 13.4 Å². The van der Waals surface area contributed by atoms with E-state index in [1.54, 1.807) is 0 Å². The second-order valence-electron chi connectivity index (χ2n) is 1.95. The monoisotopic (exact) mass is 169 g/mol. The van der Waals surface area contributed by atoms with E-state index < -0.39 is 5.97 Å². The predicted octanol–water partition coefficient (Wildman–Crippen LogP) is 0.631. The van der Waals surface area contributed by atoms with Gasteiger partial charge in [-0.3, -0.25) is 0 Å². The highest BCUT2D eigenvalue weighted by molar-refractivity contribution is 6.43. The standard InChI is InChI=1S/C7H7NO4/c1-11-7(9)6(8-10)5-2-3-12-4-5/h2-4,10H,1H3/b8-6+. The molecule has 0 unspecified atom stereocenters. The zero-order chi connectivity index (χ0) is 8.97. The van der Waals surface area contributed by atoms with Gasteiger partial charge in [-0.05, 0) is 6.07 Å². The average molecular weight is 169 g/mol. The van der Waals surface area contributed by atoms with Gasteiger partial charge >= 0.3 is 5.97 Å². The Labute approximate surface area is 68.2 Å². The van der Waals surface area contributed by atoms with E-state index in [-0.39, 0.29) is 5.71 Å². The number of rotatable bonds is 2. The Kier molecular flexibility index (Phi) is 2.47. The van der Waals surface area contributed by atoms with Crippen molar-refractivity contribution in [1.29, 1.82) is 0 Å². The molecule has 0 spiro atoms. The van der Waals surface area contributed by atoms with Crippen LogP contribution in [0.25, 0.3) is 0 Å². The summed E-state index contributed by atoms with van der Waals surface area (Å²) in [5, 5.41) is 11.2. The van der Waals surface area contributed by atoms with Crippen molar-refractivity contribution in [2.45, 2.75) is 0 Å². The fourth-order valence-corrected chi connectivity index (χ4v) is 0.712. The number of carbonyl (C=O) groups excluding carboxylic acids is 1. The van der Waals surface area contributed by atoms with Crippen LogP contribution in [-0.4, -0.2) is 24.0 Å². The lowest BCUT2D eigenvalue weighted by molar-refractivity contribution is -0.132. The first kappa shape index (κ1) is 8.32. The number of hydrogen-bond acceptors (Lipinski definition) is 5. The third kappa shape index (κ3) is 1.45. The average Bonchev–Trinajstić information content (AvgIpc) is 2.58. The normalized spacial score (nSPS) is 11.2. The molecular weight excluding hydrogens is 162 g/mol. The molecule has 0 aliphatic carbocycles. The van der Waals surface area contributed by atoms with Crippen molar-refractivity contribution in [3.05, 3.63) is 24.2 Å². The summed E-state index contributed by atoms with van der Waals surface area (Å²) in [4.78, 5) is 10.9. The van der Waals surface area contributed by atoms with Crippen molar-refractivity contribution in [3.63, 3.8) is 0 Å². The van der Waals surface area contributed by atoms with Gasteiger partial charge in [-0.1, -0.05) is 5.16 Å². The third-order valence-corrected chi connectivity index (χ3v) is 1.27. The molecule has 0 bridgehead atoms. The summed E-state index contributed by atoms with van der Waals surface area (Å²) >= 11 is 0. The maximum Gasteiger partial charge on any atom is 0.360 e. The smallest absolute Gasteiger partial charge is 0.360 e. The maximum absolute atomic E-state index is 10.9. The number of oxime groups is 1. The molecule has 0 saturated carbocycles. The lowest BCUT2D eigenvalue weighted by Crippen LogP contribution is -2.16. The summed E-state index contributed by atoms with van der Waals surface area (Å²) in [5.74, 6) is -0.709. The summed E-state index contributed by atoms with van der Waals surface area (Å²) in [6, 6.07) is 1.49. The molecule has 0 aliphatic heterocycles. The van der Waals surface area contributed by atoms with Gasteiger partial charge in [-0.2, -0.15) is 0 Å². The van der Waals surface area contributed by atoms with Crippen molar-refractivity contribution in [3.8, 4) is 0 Å².